The zero-order valence-electron chi connectivity index (χ0n) is 11.0. The Morgan fingerprint density at radius 2 is 2.18 bits per heavy atom. The highest BCUT2D eigenvalue weighted by atomic mass is 16.5. The molecular formula is C13H23N3O. The lowest BCUT2D eigenvalue weighted by atomic mass is 10.1. The molecule has 0 bridgehead atoms. The van der Waals surface area contributed by atoms with Gasteiger partial charge in [0.15, 0.2) is 0 Å². The number of aromatic nitrogens is 1. The Kier molecular flexibility index (Phi) is 5.77. The smallest absolute Gasteiger partial charge is 0.128 e. The third-order valence-electron chi connectivity index (χ3n) is 2.54. The van der Waals surface area contributed by atoms with Gasteiger partial charge in [-0.05, 0) is 24.8 Å². The zero-order valence-corrected chi connectivity index (χ0v) is 11.0. The summed E-state index contributed by atoms with van der Waals surface area (Å²) in [5.74, 6) is 1.50. The first-order valence-electron chi connectivity index (χ1n) is 6.13. The second-order valence-electron chi connectivity index (χ2n) is 4.65. The number of nitrogens with one attached hydrogen (secondary N) is 1. The number of pyridine rings is 1. The third-order valence-corrected chi connectivity index (χ3v) is 2.54. The quantitative estimate of drug-likeness (QED) is 0.715. The van der Waals surface area contributed by atoms with Crippen molar-refractivity contribution < 1.29 is 4.74 Å². The lowest BCUT2D eigenvalue weighted by Crippen LogP contribution is -2.12. The minimum Gasteiger partial charge on any atom is -0.398 e. The van der Waals surface area contributed by atoms with Crippen molar-refractivity contribution in [3.8, 4) is 0 Å². The normalized spacial score (nSPS) is 10.8. The van der Waals surface area contributed by atoms with Crippen LogP contribution in [0.2, 0.25) is 0 Å². The molecule has 0 radical (unpaired) electrons. The predicted octanol–water partition coefficient (Wildman–Crippen LogP) is 2.45. The van der Waals surface area contributed by atoms with Gasteiger partial charge in [-0.1, -0.05) is 13.8 Å². The monoisotopic (exact) mass is 237 g/mol. The van der Waals surface area contributed by atoms with Gasteiger partial charge in [0.2, 0.25) is 0 Å². The van der Waals surface area contributed by atoms with Gasteiger partial charge in [-0.2, -0.15) is 0 Å². The molecule has 0 saturated carbocycles. The largest absolute Gasteiger partial charge is 0.398 e. The van der Waals surface area contributed by atoms with Gasteiger partial charge in [0.05, 0.1) is 6.61 Å². The van der Waals surface area contributed by atoms with E-state index in [-0.39, 0.29) is 0 Å². The van der Waals surface area contributed by atoms with Gasteiger partial charge in [-0.25, -0.2) is 4.98 Å². The average molecular weight is 237 g/mol. The molecule has 0 atom stereocenters. The lowest BCUT2D eigenvalue weighted by Gasteiger charge is -2.09. The topological polar surface area (TPSA) is 60.2 Å². The Balaban J connectivity index is 2.16. The minimum absolute atomic E-state index is 0.696. The van der Waals surface area contributed by atoms with E-state index in [2.05, 4.69) is 24.1 Å². The standard InChI is InChI=1S/C13H23N3O/c1-10(2)4-6-17-7-5-15-13-8-12(14)11(3)9-16-13/h8-10H,4-7H2,1-3H3,(H3,14,15,16). The fourth-order valence-corrected chi connectivity index (χ4v) is 1.31. The molecule has 0 unspecified atom stereocenters. The van der Waals surface area contributed by atoms with Crippen molar-refractivity contribution in [1.29, 1.82) is 0 Å². The molecule has 0 amide bonds. The second kappa shape index (κ2) is 7.12. The molecule has 4 heteroatoms. The molecule has 1 aromatic heterocycles. The molecule has 4 nitrogen and oxygen atoms in total. The van der Waals surface area contributed by atoms with Crippen LogP contribution >= 0.6 is 0 Å². The van der Waals surface area contributed by atoms with E-state index in [9.17, 15) is 0 Å². The van der Waals surface area contributed by atoms with Crippen LogP contribution in [-0.4, -0.2) is 24.7 Å². The summed E-state index contributed by atoms with van der Waals surface area (Å²) >= 11 is 0. The number of aryl methyl sites for hydroxylation is 1. The van der Waals surface area contributed by atoms with E-state index in [0.717, 1.165) is 36.6 Å². The van der Waals surface area contributed by atoms with Crippen LogP contribution in [0.3, 0.4) is 0 Å². The van der Waals surface area contributed by atoms with Crippen molar-refractivity contribution in [1.82, 2.24) is 4.98 Å². The van der Waals surface area contributed by atoms with Crippen molar-refractivity contribution in [2.45, 2.75) is 27.2 Å². The van der Waals surface area contributed by atoms with Crippen LogP contribution in [-0.2, 0) is 4.74 Å². The SMILES string of the molecule is Cc1cnc(NCCOCCC(C)C)cc1N. The summed E-state index contributed by atoms with van der Waals surface area (Å²) < 4.78 is 5.50. The second-order valence-corrected chi connectivity index (χ2v) is 4.65. The number of anilines is 2. The Morgan fingerprint density at radius 3 is 2.82 bits per heavy atom. The Morgan fingerprint density at radius 1 is 1.41 bits per heavy atom. The molecule has 3 N–H and O–H groups in total. The van der Waals surface area contributed by atoms with Crippen molar-refractivity contribution in [2.75, 3.05) is 30.8 Å². The molecule has 0 aliphatic heterocycles. The van der Waals surface area contributed by atoms with E-state index in [1.54, 1.807) is 6.20 Å². The molecule has 0 fully saturated rings. The van der Waals surface area contributed by atoms with Crippen LogP contribution in [0.1, 0.15) is 25.8 Å². The maximum Gasteiger partial charge on any atom is 0.128 e. The van der Waals surface area contributed by atoms with Crippen molar-refractivity contribution in [3.63, 3.8) is 0 Å². The van der Waals surface area contributed by atoms with Crippen molar-refractivity contribution >= 4 is 11.5 Å². The summed E-state index contributed by atoms with van der Waals surface area (Å²) in [5, 5.41) is 3.18. The van der Waals surface area contributed by atoms with Gasteiger partial charge in [0, 0.05) is 31.1 Å². The molecule has 0 saturated heterocycles. The average Bonchev–Trinajstić information content (AvgIpc) is 2.27. The van der Waals surface area contributed by atoms with Crippen LogP contribution in [0, 0.1) is 12.8 Å². The van der Waals surface area contributed by atoms with Crippen LogP contribution < -0.4 is 11.1 Å². The van der Waals surface area contributed by atoms with E-state index in [1.165, 1.54) is 0 Å². The first-order valence-corrected chi connectivity index (χ1v) is 6.13. The highest BCUT2D eigenvalue weighted by Gasteiger charge is 1.98. The molecule has 17 heavy (non-hydrogen) atoms. The van der Waals surface area contributed by atoms with Crippen molar-refractivity contribution in [2.24, 2.45) is 5.92 Å². The molecule has 0 aliphatic carbocycles. The Hall–Kier alpha value is -1.29. The lowest BCUT2D eigenvalue weighted by molar-refractivity contribution is 0.132. The summed E-state index contributed by atoms with van der Waals surface area (Å²) in [6.07, 6.45) is 2.88. The van der Waals surface area contributed by atoms with Crippen LogP contribution in [0.5, 0.6) is 0 Å². The van der Waals surface area contributed by atoms with Gasteiger partial charge in [-0.15, -0.1) is 0 Å². The molecule has 0 aromatic carbocycles. The summed E-state index contributed by atoms with van der Waals surface area (Å²) in [6.45, 7) is 8.61. The number of nitrogens with zero attached hydrogens (tertiary/aromatic N) is 1. The van der Waals surface area contributed by atoms with Gasteiger partial charge in [-0.3, -0.25) is 0 Å². The zero-order chi connectivity index (χ0) is 12.7. The fourth-order valence-electron chi connectivity index (χ4n) is 1.31. The molecule has 0 aliphatic rings. The third kappa shape index (κ3) is 5.54. The van der Waals surface area contributed by atoms with Gasteiger partial charge in [0.25, 0.3) is 0 Å². The number of nitrogens with two attached hydrogens (primary N) is 1. The van der Waals surface area contributed by atoms with E-state index < -0.39 is 0 Å². The maximum atomic E-state index is 5.79. The Labute approximate surface area is 104 Å². The van der Waals surface area contributed by atoms with Crippen LogP contribution in [0.4, 0.5) is 11.5 Å². The highest BCUT2D eigenvalue weighted by molar-refractivity contribution is 5.53. The highest BCUT2D eigenvalue weighted by Crippen LogP contribution is 2.12. The van der Waals surface area contributed by atoms with Crippen molar-refractivity contribution in [3.05, 3.63) is 17.8 Å². The van der Waals surface area contributed by atoms with Gasteiger partial charge >= 0.3 is 0 Å². The van der Waals surface area contributed by atoms with E-state index in [0.29, 0.717) is 12.5 Å². The summed E-state index contributed by atoms with van der Waals surface area (Å²) in [5.41, 5.74) is 7.56. The molecule has 1 aromatic rings. The number of ether oxygens (including phenoxy) is 1. The molecule has 1 rings (SSSR count). The number of hydrogen-bond donors (Lipinski definition) is 2. The van der Waals surface area contributed by atoms with Gasteiger partial charge in [0.1, 0.15) is 5.82 Å². The summed E-state index contributed by atoms with van der Waals surface area (Å²) in [7, 11) is 0. The van der Waals surface area contributed by atoms with Crippen LogP contribution in [0.25, 0.3) is 0 Å². The molecule has 96 valence electrons. The van der Waals surface area contributed by atoms with Crippen LogP contribution in [0.15, 0.2) is 12.3 Å². The summed E-state index contributed by atoms with van der Waals surface area (Å²) in [4.78, 5) is 4.24. The van der Waals surface area contributed by atoms with E-state index >= 15 is 0 Å². The van der Waals surface area contributed by atoms with E-state index in [1.807, 2.05) is 13.0 Å². The van der Waals surface area contributed by atoms with E-state index in [4.69, 9.17) is 10.5 Å². The molecule has 0 spiro atoms. The number of hydrogen-bond acceptors (Lipinski definition) is 4. The number of rotatable bonds is 7. The Bertz CT molecular complexity index is 339. The maximum absolute atomic E-state index is 5.79. The summed E-state index contributed by atoms with van der Waals surface area (Å²) in [6, 6.07) is 1.85. The fraction of sp³-hybridized carbons (Fsp3) is 0.615. The number of nitrogen functional groups attached to an aromatic ring is 1. The van der Waals surface area contributed by atoms with Gasteiger partial charge < -0.3 is 15.8 Å². The first kappa shape index (κ1) is 13.8. The predicted molar refractivity (Wildman–Crippen MR) is 72.2 cm³/mol. The first-order chi connectivity index (χ1) is 8.09. The minimum atomic E-state index is 0.696. The molecular weight excluding hydrogens is 214 g/mol. The molecule has 1 heterocycles.